The van der Waals surface area contributed by atoms with E-state index in [-0.39, 0.29) is 5.41 Å². The normalized spacial score (nSPS) is 11.8. The molecule has 90 valence electrons. The molecule has 0 radical (unpaired) electrons. The predicted molar refractivity (Wildman–Crippen MR) is 70.9 cm³/mol. The van der Waals surface area contributed by atoms with Gasteiger partial charge in [-0.15, -0.1) is 0 Å². The number of phenolic OH excluding ortho intramolecular Hbond substituents is 1. The molecule has 0 aliphatic carbocycles. The molecule has 0 spiro atoms. The highest BCUT2D eigenvalue weighted by molar-refractivity contribution is 5.92. The first-order chi connectivity index (χ1) is 7.93. The lowest BCUT2D eigenvalue weighted by molar-refractivity contribution is 0.415. The summed E-state index contributed by atoms with van der Waals surface area (Å²) in [5.74, 6) is 1.13. The van der Waals surface area contributed by atoms with Gasteiger partial charge in [0.1, 0.15) is 11.5 Å². The molecule has 0 fully saturated rings. The Hall–Kier alpha value is -1.70. The standard InChI is InChI=1S/C15H18O2/c1-15(2,3)13-7-8-14(16)11-6-5-10(17-4)9-12(11)13/h5-9,16H,1-4H3. The molecule has 1 N–H and O–H groups in total. The molecule has 0 amide bonds. The summed E-state index contributed by atoms with van der Waals surface area (Å²) in [6, 6.07) is 9.50. The number of aromatic hydroxyl groups is 1. The molecule has 2 aromatic rings. The van der Waals surface area contributed by atoms with Crippen molar-refractivity contribution in [1.82, 2.24) is 0 Å². The van der Waals surface area contributed by atoms with Crippen LogP contribution < -0.4 is 4.74 Å². The Morgan fingerprint density at radius 2 is 1.71 bits per heavy atom. The first-order valence-corrected chi connectivity index (χ1v) is 5.73. The van der Waals surface area contributed by atoms with Crippen molar-refractivity contribution in [2.24, 2.45) is 0 Å². The summed E-state index contributed by atoms with van der Waals surface area (Å²) in [6.07, 6.45) is 0. The van der Waals surface area contributed by atoms with E-state index in [1.54, 1.807) is 13.2 Å². The monoisotopic (exact) mass is 230 g/mol. The topological polar surface area (TPSA) is 29.5 Å². The molecule has 0 unspecified atom stereocenters. The van der Waals surface area contributed by atoms with Crippen LogP contribution in [0.4, 0.5) is 0 Å². The molecule has 0 aliphatic heterocycles. The molecule has 2 rings (SSSR count). The Morgan fingerprint density at radius 1 is 1.00 bits per heavy atom. The molecule has 0 heterocycles. The fraction of sp³-hybridized carbons (Fsp3) is 0.333. The molecule has 17 heavy (non-hydrogen) atoms. The zero-order valence-electron chi connectivity index (χ0n) is 10.7. The van der Waals surface area contributed by atoms with Crippen molar-refractivity contribution in [2.75, 3.05) is 7.11 Å². The van der Waals surface area contributed by atoms with Gasteiger partial charge >= 0.3 is 0 Å². The van der Waals surface area contributed by atoms with Crippen LogP contribution in [0.25, 0.3) is 10.8 Å². The fourth-order valence-electron chi connectivity index (χ4n) is 2.09. The number of phenols is 1. The van der Waals surface area contributed by atoms with E-state index in [2.05, 4.69) is 20.8 Å². The third-order valence-corrected chi connectivity index (χ3v) is 3.01. The zero-order chi connectivity index (χ0) is 12.6. The molecule has 0 bridgehead atoms. The van der Waals surface area contributed by atoms with Crippen LogP contribution in [0, 0.1) is 0 Å². The van der Waals surface area contributed by atoms with Gasteiger partial charge in [-0.25, -0.2) is 0 Å². The molecule has 0 aliphatic rings. The number of methoxy groups -OCH3 is 1. The Bertz CT molecular complexity index is 551. The quantitative estimate of drug-likeness (QED) is 0.806. The summed E-state index contributed by atoms with van der Waals surface area (Å²) in [7, 11) is 1.65. The van der Waals surface area contributed by atoms with Crippen LogP contribution in [-0.2, 0) is 5.41 Å². The Labute approximate surface area is 102 Å². The second-order valence-corrected chi connectivity index (χ2v) is 5.29. The van der Waals surface area contributed by atoms with Crippen molar-refractivity contribution in [3.8, 4) is 11.5 Å². The maximum absolute atomic E-state index is 9.88. The molecule has 0 saturated heterocycles. The molecular formula is C15H18O2. The van der Waals surface area contributed by atoms with Crippen molar-refractivity contribution < 1.29 is 9.84 Å². The highest BCUT2D eigenvalue weighted by Crippen LogP contribution is 2.36. The average Bonchev–Trinajstić information content (AvgIpc) is 2.27. The lowest BCUT2D eigenvalue weighted by atomic mass is 9.83. The second kappa shape index (κ2) is 3.95. The van der Waals surface area contributed by atoms with Gasteiger partial charge in [-0.2, -0.15) is 0 Å². The molecular weight excluding hydrogens is 212 g/mol. The second-order valence-electron chi connectivity index (χ2n) is 5.29. The van der Waals surface area contributed by atoms with Crippen molar-refractivity contribution in [2.45, 2.75) is 26.2 Å². The highest BCUT2D eigenvalue weighted by Gasteiger charge is 2.18. The third-order valence-electron chi connectivity index (χ3n) is 3.01. The van der Waals surface area contributed by atoms with Gasteiger partial charge in [0.05, 0.1) is 7.11 Å². The van der Waals surface area contributed by atoms with Gasteiger partial charge in [0.2, 0.25) is 0 Å². The summed E-state index contributed by atoms with van der Waals surface area (Å²) < 4.78 is 5.25. The minimum absolute atomic E-state index is 0.0400. The van der Waals surface area contributed by atoms with Gasteiger partial charge in [0, 0.05) is 5.39 Å². The average molecular weight is 230 g/mol. The maximum Gasteiger partial charge on any atom is 0.123 e. The minimum Gasteiger partial charge on any atom is -0.507 e. The van der Waals surface area contributed by atoms with Gasteiger partial charge in [-0.3, -0.25) is 0 Å². The summed E-state index contributed by atoms with van der Waals surface area (Å²) in [6.45, 7) is 6.49. The van der Waals surface area contributed by atoms with Crippen molar-refractivity contribution in [3.63, 3.8) is 0 Å². The summed E-state index contributed by atoms with van der Waals surface area (Å²) in [5.41, 5.74) is 1.25. The number of fused-ring (bicyclic) bond motifs is 1. The molecule has 0 aromatic heterocycles. The lowest BCUT2D eigenvalue weighted by Crippen LogP contribution is -2.11. The molecule has 2 heteroatoms. The summed E-state index contributed by atoms with van der Waals surface area (Å²) >= 11 is 0. The first kappa shape index (κ1) is 11.8. The van der Waals surface area contributed by atoms with Crippen LogP contribution in [0.5, 0.6) is 11.5 Å². The van der Waals surface area contributed by atoms with E-state index in [0.717, 1.165) is 16.5 Å². The van der Waals surface area contributed by atoms with Crippen molar-refractivity contribution in [3.05, 3.63) is 35.9 Å². The largest absolute Gasteiger partial charge is 0.507 e. The van der Waals surface area contributed by atoms with E-state index in [0.29, 0.717) is 5.75 Å². The maximum atomic E-state index is 9.88. The van der Waals surface area contributed by atoms with Crippen LogP contribution >= 0.6 is 0 Å². The molecule has 2 aromatic carbocycles. The molecule has 0 atom stereocenters. The smallest absolute Gasteiger partial charge is 0.123 e. The van der Waals surface area contributed by atoms with Crippen molar-refractivity contribution in [1.29, 1.82) is 0 Å². The third kappa shape index (κ3) is 2.07. The fourth-order valence-corrected chi connectivity index (χ4v) is 2.09. The Balaban J connectivity index is 2.81. The van der Waals surface area contributed by atoms with Gasteiger partial charge in [-0.05, 0) is 40.6 Å². The van der Waals surface area contributed by atoms with E-state index in [9.17, 15) is 5.11 Å². The SMILES string of the molecule is COc1ccc2c(O)ccc(C(C)(C)C)c2c1. The number of benzene rings is 2. The van der Waals surface area contributed by atoms with Crippen LogP contribution in [0.15, 0.2) is 30.3 Å². The van der Waals surface area contributed by atoms with E-state index < -0.39 is 0 Å². The van der Waals surface area contributed by atoms with Crippen LogP contribution in [0.3, 0.4) is 0 Å². The number of rotatable bonds is 1. The van der Waals surface area contributed by atoms with Crippen LogP contribution in [0.1, 0.15) is 26.3 Å². The molecule has 0 saturated carbocycles. The van der Waals surface area contributed by atoms with Gasteiger partial charge < -0.3 is 9.84 Å². The Morgan fingerprint density at radius 3 is 2.29 bits per heavy atom. The summed E-state index contributed by atoms with van der Waals surface area (Å²) in [5, 5.41) is 11.8. The lowest BCUT2D eigenvalue weighted by Gasteiger charge is -2.22. The van der Waals surface area contributed by atoms with E-state index in [1.807, 2.05) is 24.3 Å². The predicted octanol–water partition coefficient (Wildman–Crippen LogP) is 3.85. The number of hydrogen-bond donors (Lipinski definition) is 1. The number of hydrogen-bond acceptors (Lipinski definition) is 2. The highest BCUT2D eigenvalue weighted by atomic mass is 16.5. The number of ether oxygens (including phenoxy) is 1. The van der Waals surface area contributed by atoms with E-state index in [1.165, 1.54) is 5.56 Å². The van der Waals surface area contributed by atoms with Gasteiger partial charge in [0.15, 0.2) is 0 Å². The van der Waals surface area contributed by atoms with E-state index >= 15 is 0 Å². The van der Waals surface area contributed by atoms with Crippen LogP contribution in [0.2, 0.25) is 0 Å². The Kier molecular flexibility index (Phi) is 2.74. The van der Waals surface area contributed by atoms with Gasteiger partial charge in [0.25, 0.3) is 0 Å². The first-order valence-electron chi connectivity index (χ1n) is 5.73. The van der Waals surface area contributed by atoms with Crippen LogP contribution in [-0.4, -0.2) is 12.2 Å². The van der Waals surface area contributed by atoms with E-state index in [4.69, 9.17) is 4.74 Å². The zero-order valence-corrected chi connectivity index (χ0v) is 10.7. The minimum atomic E-state index is 0.0400. The molecule has 2 nitrogen and oxygen atoms in total. The van der Waals surface area contributed by atoms with Crippen molar-refractivity contribution >= 4 is 10.8 Å². The van der Waals surface area contributed by atoms with Gasteiger partial charge in [-0.1, -0.05) is 26.8 Å². The summed E-state index contributed by atoms with van der Waals surface area (Å²) in [4.78, 5) is 0.